The first-order chi connectivity index (χ1) is 5.49. The zero-order valence-electron chi connectivity index (χ0n) is 5.77. The molecule has 1 aromatic carbocycles. The van der Waals surface area contributed by atoms with Gasteiger partial charge in [0.15, 0.2) is 11.6 Å². The van der Waals surface area contributed by atoms with E-state index in [9.17, 15) is 12.8 Å². The van der Waals surface area contributed by atoms with Crippen molar-refractivity contribution in [3.8, 4) is 5.75 Å². The number of hydrogen-bond acceptors (Lipinski definition) is 3. The van der Waals surface area contributed by atoms with Crippen LogP contribution in [0.1, 0.15) is 0 Å². The van der Waals surface area contributed by atoms with Crippen LogP contribution in [-0.2, 0) is 10.4 Å². The number of hydrogen-bond donors (Lipinski definition) is 1. The molecule has 0 heterocycles. The van der Waals surface area contributed by atoms with Gasteiger partial charge in [0.05, 0.1) is 0 Å². The van der Waals surface area contributed by atoms with E-state index in [1.807, 2.05) is 0 Å². The summed E-state index contributed by atoms with van der Waals surface area (Å²) in [6, 6.07) is 4.85. The minimum absolute atomic E-state index is 0. The average molecular weight is 200 g/mol. The van der Waals surface area contributed by atoms with E-state index in [0.717, 1.165) is 12.1 Å². The van der Waals surface area contributed by atoms with Crippen molar-refractivity contribution in [3.05, 3.63) is 30.1 Å². The van der Waals surface area contributed by atoms with Crippen LogP contribution >= 0.6 is 0 Å². The number of rotatable bonds is 2. The minimum atomic E-state index is -4.64. The molecule has 0 aromatic heterocycles. The molecule has 4 nitrogen and oxygen atoms in total. The van der Waals surface area contributed by atoms with Crippen molar-refractivity contribution in [1.29, 1.82) is 0 Å². The molecule has 0 aliphatic rings. The molecule has 0 saturated heterocycles. The van der Waals surface area contributed by atoms with Gasteiger partial charge >= 0.3 is 29.3 Å². The van der Waals surface area contributed by atoms with Gasteiger partial charge in [-0.15, -0.1) is 0 Å². The fourth-order valence-electron chi connectivity index (χ4n) is 0.626. The fraction of sp³-hybridized carbons (Fsp3) is 0. The van der Waals surface area contributed by atoms with E-state index in [4.69, 9.17) is 4.55 Å². The van der Waals surface area contributed by atoms with E-state index >= 15 is 0 Å². The molecule has 0 saturated carbocycles. The third-order valence-corrected chi connectivity index (χ3v) is 1.42. The van der Waals surface area contributed by atoms with Gasteiger partial charge in [-0.2, -0.15) is 8.42 Å². The summed E-state index contributed by atoms with van der Waals surface area (Å²) in [6.07, 6.45) is 0. The Labute approximate surface area is 86.8 Å². The van der Waals surface area contributed by atoms with Crippen molar-refractivity contribution in [2.24, 2.45) is 0 Å². The molecular formula is C6H6FLiO4S. The van der Waals surface area contributed by atoms with Crippen LogP contribution in [0.15, 0.2) is 24.3 Å². The molecule has 0 unspecified atom stereocenters. The molecule has 7 heteroatoms. The molecule has 1 N–H and O–H groups in total. The predicted molar refractivity (Wildman–Crippen MR) is 45.7 cm³/mol. The second-order valence-corrected chi connectivity index (χ2v) is 2.96. The van der Waals surface area contributed by atoms with E-state index in [0.29, 0.717) is 0 Å². The molecule has 68 valence electrons. The average Bonchev–Trinajstić information content (AvgIpc) is 1.91. The molecule has 1 rings (SSSR count). The van der Waals surface area contributed by atoms with Gasteiger partial charge in [0.2, 0.25) is 0 Å². The van der Waals surface area contributed by atoms with Gasteiger partial charge in [-0.05, 0) is 12.1 Å². The van der Waals surface area contributed by atoms with Gasteiger partial charge in [0.25, 0.3) is 0 Å². The molecule has 0 bridgehead atoms. The van der Waals surface area contributed by atoms with Crippen LogP contribution in [0.25, 0.3) is 0 Å². The molecule has 0 spiro atoms. The number of halogens is 1. The summed E-state index contributed by atoms with van der Waals surface area (Å²) < 4.78 is 44.9. The zero-order chi connectivity index (χ0) is 9.19. The molecule has 0 amide bonds. The Morgan fingerprint density at radius 3 is 2.31 bits per heavy atom. The topological polar surface area (TPSA) is 63.6 Å². The van der Waals surface area contributed by atoms with E-state index in [2.05, 4.69) is 4.18 Å². The Hall–Kier alpha value is -0.543. The van der Waals surface area contributed by atoms with Gasteiger partial charge in [0, 0.05) is 0 Å². The van der Waals surface area contributed by atoms with Crippen molar-refractivity contribution < 1.29 is 21.5 Å². The second-order valence-electron chi connectivity index (χ2n) is 1.94. The van der Waals surface area contributed by atoms with Crippen LogP contribution in [-0.4, -0.2) is 31.8 Å². The summed E-state index contributed by atoms with van der Waals surface area (Å²) in [5.74, 6) is -1.38. The van der Waals surface area contributed by atoms with Crippen LogP contribution in [0.3, 0.4) is 0 Å². The molecule has 0 aliphatic carbocycles. The van der Waals surface area contributed by atoms with Crippen LogP contribution in [0.5, 0.6) is 5.75 Å². The maximum atomic E-state index is 12.6. The van der Waals surface area contributed by atoms with Gasteiger partial charge in [-0.25, -0.2) is 4.39 Å². The van der Waals surface area contributed by atoms with Crippen molar-refractivity contribution in [2.45, 2.75) is 0 Å². The Morgan fingerprint density at radius 1 is 1.31 bits per heavy atom. The van der Waals surface area contributed by atoms with Crippen molar-refractivity contribution >= 4 is 29.3 Å². The number of para-hydroxylation sites is 1. The first-order valence-corrected chi connectivity index (χ1v) is 4.27. The standard InChI is InChI=1S/C6H5FO4S.Li.H/c7-5-3-1-2-4-6(5)11-12(8,9)10;;/h1-4H,(H,8,9,10);;. The summed E-state index contributed by atoms with van der Waals surface area (Å²) in [6.45, 7) is 0. The van der Waals surface area contributed by atoms with Gasteiger partial charge in [-0.3, -0.25) is 4.55 Å². The monoisotopic (exact) mass is 200 g/mol. The van der Waals surface area contributed by atoms with Crippen molar-refractivity contribution in [1.82, 2.24) is 0 Å². The normalized spacial score (nSPS) is 10.3. The third kappa shape index (κ3) is 4.29. The first kappa shape index (κ1) is 12.5. The zero-order valence-corrected chi connectivity index (χ0v) is 6.58. The Kier molecular flexibility index (Phi) is 4.43. The summed E-state index contributed by atoms with van der Waals surface area (Å²) in [4.78, 5) is 0. The quantitative estimate of drug-likeness (QED) is 0.553. The van der Waals surface area contributed by atoms with Crippen LogP contribution in [0, 0.1) is 5.82 Å². The van der Waals surface area contributed by atoms with Crippen molar-refractivity contribution in [3.63, 3.8) is 0 Å². The summed E-state index contributed by atoms with van der Waals surface area (Å²) >= 11 is 0. The number of benzene rings is 1. The Bertz CT molecular complexity index is 378. The van der Waals surface area contributed by atoms with E-state index < -0.39 is 22.0 Å². The van der Waals surface area contributed by atoms with E-state index in [-0.39, 0.29) is 18.9 Å². The van der Waals surface area contributed by atoms with Gasteiger partial charge in [0.1, 0.15) is 0 Å². The van der Waals surface area contributed by atoms with Gasteiger partial charge in [-0.1, -0.05) is 12.1 Å². The molecule has 0 aliphatic heterocycles. The Morgan fingerprint density at radius 2 is 1.85 bits per heavy atom. The maximum absolute atomic E-state index is 12.6. The fourth-order valence-corrected chi connectivity index (χ4v) is 0.988. The Balaban J connectivity index is 0.00000144. The summed E-state index contributed by atoms with van der Waals surface area (Å²) in [5.41, 5.74) is 0. The van der Waals surface area contributed by atoms with Crippen molar-refractivity contribution in [2.75, 3.05) is 0 Å². The van der Waals surface area contributed by atoms with Crippen LogP contribution < -0.4 is 4.18 Å². The molecule has 0 atom stereocenters. The first-order valence-electron chi connectivity index (χ1n) is 2.90. The second kappa shape index (κ2) is 4.63. The summed E-state index contributed by atoms with van der Waals surface area (Å²) in [7, 11) is -4.64. The van der Waals surface area contributed by atoms with Crippen LogP contribution in [0.4, 0.5) is 4.39 Å². The van der Waals surface area contributed by atoms with Crippen LogP contribution in [0.2, 0.25) is 0 Å². The molecule has 1 aromatic rings. The third-order valence-electron chi connectivity index (χ3n) is 1.03. The molecule has 13 heavy (non-hydrogen) atoms. The van der Waals surface area contributed by atoms with Gasteiger partial charge < -0.3 is 4.18 Å². The van der Waals surface area contributed by atoms with E-state index in [1.54, 1.807) is 0 Å². The molecule has 0 radical (unpaired) electrons. The molecule has 0 fully saturated rings. The van der Waals surface area contributed by atoms with E-state index in [1.165, 1.54) is 12.1 Å². The molecular weight excluding hydrogens is 194 g/mol. The summed E-state index contributed by atoms with van der Waals surface area (Å²) in [5, 5.41) is 0. The SMILES string of the molecule is O=S(=O)(O)Oc1ccccc1F.[LiH]. The predicted octanol–water partition coefficient (Wildman–Crippen LogP) is 0.359.